The van der Waals surface area contributed by atoms with Crippen molar-refractivity contribution in [3.8, 4) is 0 Å². The Morgan fingerprint density at radius 2 is 2.07 bits per heavy atom. The molecule has 76 valence electrons. The van der Waals surface area contributed by atoms with Crippen molar-refractivity contribution >= 4 is 28.2 Å². The Bertz CT molecular complexity index is 549. The number of nitrogens with zero attached hydrogens (tertiary/aromatic N) is 1. The standard InChI is InChI=1S/C12H10ClNO/c1-7-5-10-6-9(8(2)15)3-4-11(10)12(13)14-7/h3-6H,1-2H3. The van der Waals surface area contributed by atoms with Crippen molar-refractivity contribution in [2.45, 2.75) is 13.8 Å². The maximum absolute atomic E-state index is 11.2. The molecule has 0 amide bonds. The number of hydrogen-bond acceptors (Lipinski definition) is 2. The number of aromatic nitrogens is 1. The Labute approximate surface area is 92.9 Å². The maximum Gasteiger partial charge on any atom is 0.159 e. The van der Waals surface area contributed by atoms with Gasteiger partial charge in [-0.1, -0.05) is 23.7 Å². The van der Waals surface area contributed by atoms with Crippen molar-refractivity contribution < 1.29 is 4.79 Å². The first-order valence-electron chi connectivity index (χ1n) is 4.66. The van der Waals surface area contributed by atoms with Crippen molar-refractivity contribution in [2.24, 2.45) is 0 Å². The van der Waals surface area contributed by atoms with Crippen LogP contribution in [0, 0.1) is 6.92 Å². The minimum absolute atomic E-state index is 0.0579. The van der Waals surface area contributed by atoms with Crippen LogP contribution < -0.4 is 0 Å². The van der Waals surface area contributed by atoms with Gasteiger partial charge in [-0.2, -0.15) is 0 Å². The van der Waals surface area contributed by atoms with E-state index >= 15 is 0 Å². The predicted molar refractivity (Wildman–Crippen MR) is 61.5 cm³/mol. The number of hydrogen-bond donors (Lipinski definition) is 0. The number of Topliss-reactive ketones (excluding diaryl/α,β-unsaturated/α-hetero) is 1. The topological polar surface area (TPSA) is 30.0 Å². The smallest absolute Gasteiger partial charge is 0.159 e. The third-order valence-electron chi connectivity index (χ3n) is 2.32. The zero-order chi connectivity index (χ0) is 11.0. The first-order chi connectivity index (χ1) is 7.08. The first-order valence-corrected chi connectivity index (χ1v) is 5.03. The molecule has 0 spiro atoms. The Balaban J connectivity index is 2.76. The summed E-state index contributed by atoms with van der Waals surface area (Å²) in [6, 6.07) is 7.38. The van der Waals surface area contributed by atoms with Gasteiger partial charge in [-0.3, -0.25) is 4.79 Å². The molecule has 0 unspecified atom stereocenters. The van der Waals surface area contributed by atoms with Crippen LogP contribution >= 0.6 is 11.6 Å². The quantitative estimate of drug-likeness (QED) is 0.544. The van der Waals surface area contributed by atoms with Crippen LogP contribution in [0.15, 0.2) is 24.3 Å². The fraction of sp³-hybridized carbons (Fsp3) is 0.167. The van der Waals surface area contributed by atoms with Gasteiger partial charge in [-0.25, -0.2) is 4.98 Å². The molecule has 15 heavy (non-hydrogen) atoms. The highest BCUT2D eigenvalue weighted by Crippen LogP contribution is 2.23. The molecule has 0 aliphatic heterocycles. The molecule has 0 aliphatic rings. The molecule has 0 fully saturated rings. The number of halogens is 1. The van der Waals surface area contributed by atoms with Crippen LogP contribution in [0.5, 0.6) is 0 Å². The number of carbonyl (C=O) groups is 1. The molecule has 2 aromatic rings. The Morgan fingerprint density at radius 1 is 1.33 bits per heavy atom. The van der Waals surface area contributed by atoms with Gasteiger partial charge in [-0.15, -0.1) is 0 Å². The molecule has 0 radical (unpaired) electrons. The van der Waals surface area contributed by atoms with Gasteiger partial charge in [0.1, 0.15) is 5.15 Å². The van der Waals surface area contributed by atoms with Crippen LogP contribution in [-0.4, -0.2) is 10.8 Å². The third-order valence-corrected chi connectivity index (χ3v) is 2.61. The summed E-state index contributed by atoms with van der Waals surface area (Å²) in [5.74, 6) is 0.0579. The lowest BCUT2D eigenvalue weighted by molar-refractivity contribution is 0.101. The van der Waals surface area contributed by atoms with Crippen molar-refractivity contribution in [3.63, 3.8) is 0 Å². The third kappa shape index (κ3) is 1.85. The second-order valence-electron chi connectivity index (χ2n) is 3.55. The highest BCUT2D eigenvalue weighted by atomic mass is 35.5. The molecule has 3 heteroatoms. The molecule has 0 atom stereocenters. The zero-order valence-corrected chi connectivity index (χ0v) is 9.30. The number of carbonyl (C=O) groups excluding carboxylic acids is 1. The minimum atomic E-state index is 0.0579. The fourth-order valence-electron chi connectivity index (χ4n) is 1.56. The Morgan fingerprint density at radius 3 is 2.73 bits per heavy atom. The highest BCUT2D eigenvalue weighted by Gasteiger charge is 2.05. The van der Waals surface area contributed by atoms with Gasteiger partial charge in [0.05, 0.1) is 0 Å². The van der Waals surface area contributed by atoms with E-state index in [1.807, 2.05) is 25.1 Å². The highest BCUT2D eigenvalue weighted by molar-refractivity contribution is 6.34. The molecule has 0 N–H and O–H groups in total. The van der Waals surface area contributed by atoms with Crippen molar-refractivity contribution in [3.05, 3.63) is 40.7 Å². The average molecular weight is 220 g/mol. The monoisotopic (exact) mass is 219 g/mol. The van der Waals surface area contributed by atoms with E-state index in [0.29, 0.717) is 10.7 Å². The van der Waals surface area contributed by atoms with E-state index in [2.05, 4.69) is 4.98 Å². The molecule has 0 saturated heterocycles. The summed E-state index contributed by atoms with van der Waals surface area (Å²) < 4.78 is 0. The summed E-state index contributed by atoms with van der Waals surface area (Å²) in [5, 5.41) is 2.33. The van der Waals surface area contributed by atoms with E-state index in [1.54, 1.807) is 13.0 Å². The van der Waals surface area contributed by atoms with E-state index in [1.165, 1.54) is 0 Å². The number of pyridine rings is 1. The van der Waals surface area contributed by atoms with E-state index in [-0.39, 0.29) is 5.78 Å². The van der Waals surface area contributed by atoms with Crippen molar-refractivity contribution in [2.75, 3.05) is 0 Å². The summed E-state index contributed by atoms with van der Waals surface area (Å²) in [4.78, 5) is 15.4. The normalized spacial score (nSPS) is 10.6. The van der Waals surface area contributed by atoms with Gasteiger partial charge in [0.2, 0.25) is 0 Å². The Hall–Kier alpha value is -1.41. The van der Waals surface area contributed by atoms with Crippen LogP contribution in [0.2, 0.25) is 5.15 Å². The van der Waals surface area contributed by atoms with Crippen LogP contribution in [0.1, 0.15) is 23.0 Å². The van der Waals surface area contributed by atoms with E-state index in [9.17, 15) is 4.79 Å². The molecule has 1 aromatic carbocycles. The summed E-state index contributed by atoms with van der Waals surface area (Å²) in [6.45, 7) is 3.43. The Kier molecular flexibility index (Phi) is 2.45. The van der Waals surface area contributed by atoms with E-state index < -0.39 is 0 Å². The largest absolute Gasteiger partial charge is 0.295 e. The summed E-state index contributed by atoms with van der Waals surface area (Å²) in [6.07, 6.45) is 0. The SMILES string of the molecule is CC(=O)c1ccc2c(Cl)nc(C)cc2c1. The summed E-state index contributed by atoms with van der Waals surface area (Å²) in [7, 11) is 0. The maximum atomic E-state index is 11.2. The molecule has 2 rings (SSSR count). The minimum Gasteiger partial charge on any atom is -0.295 e. The lowest BCUT2D eigenvalue weighted by atomic mass is 10.1. The molecule has 0 bridgehead atoms. The molecule has 2 nitrogen and oxygen atoms in total. The molecular formula is C12H10ClNO. The number of rotatable bonds is 1. The number of aryl methyl sites for hydroxylation is 1. The second-order valence-corrected chi connectivity index (χ2v) is 3.90. The van der Waals surface area contributed by atoms with Gasteiger partial charge in [-0.05, 0) is 31.4 Å². The number of benzene rings is 1. The average Bonchev–Trinajstić information content (AvgIpc) is 2.16. The van der Waals surface area contributed by atoms with Gasteiger partial charge < -0.3 is 0 Å². The lowest BCUT2D eigenvalue weighted by Crippen LogP contribution is -1.92. The van der Waals surface area contributed by atoms with E-state index in [4.69, 9.17) is 11.6 Å². The fourth-order valence-corrected chi connectivity index (χ4v) is 1.87. The first kappa shape index (κ1) is 10.1. The van der Waals surface area contributed by atoms with Crippen LogP contribution in [0.25, 0.3) is 10.8 Å². The van der Waals surface area contributed by atoms with Crippen molar-refractivity contribution in [1.82, 2.24) is 4.98 Å². The van der Waals surface area contributed by atoms with Crippen LogP contribution in [0.4, 0.5) is 0 Å². The second kappa shape index (κ2) is 3.63. The summed E-state index contributed by atoms with van der Waals surface area (Å²) >= 11 is 6.00. The van der Waals surface area contributed by atoms with Gasteiger partial charge in [0.15, 0.2) is 5.78 Å². The molecule has 0 saturated carbocycles. The number of fused-ring (bicyclic) bond motifs is 1. The molecule has 1 heterocycles. The molecule has 0 aliphatic carbocycles. The van der Waals surface area contributed by atoms with Crippen molar-refractivity contribution in [1.29, 1.82) is 0 Å². The predicted octanol–water partition coefficient (Wildman–Crippen LogP) is 3.40. The zero-order valence-electron chi connectivity index (χ0n) is 8.54. The summed E-state index contributed by atoms with van der Waals surface area (Å²) in [5.41, 5.74) is 1.55. The number of ketones is 1. The van der Waals surface area contributed by atoms with Crippen LogP contribution in [-0.2, 0) is 0 Å². The van der Waals surface area contributed by atoms with Gasteiger partial charge in [0, 0.05) is 16.6 Å². The molecular weight excluding hydrogens is 210 g/mol. The van der Waals surface area contributed by atoms with E-state index in [0.717, 1.165) is 16.5 Å². The van der Waals surface area contributed by atoms with Gasteiger partial charge in [0.25, 0.3) is 0 Å². The van der Waals surface area contributed by atoms with Gasteiger partial charge >= 0.3 is 0 Å². The lowest BCUT2D eigenvalue weighted by Gasteiger charge is -2.03. The molecule has 1 aromatic heterocycles. The van der Waals surface area contributed by atoms with Crippen LogP contribution in [0.3, 0.4) is 0 Å².